The maximum absolute atomic E-state index is 14.2. The number of esters is 1. The van der Waals surface area contributed by atoms with Gasteiger partial charge in [0.05, 0.1) is 6.42 Å². The van der Waals surface area contributed by atoms with Gasteiger partial charge in [-0.05, 0) is 47.4 Å². The fraction of sp³-hybridized carbons (Fsp3) is 0.214. The smallest absolute Gasteiger partial charge is 0.331 e. The van der Waals surface area contributed by atoms with Crippen molar-refractivity contribution in [3.05, 3.63) is 167 Å². The standard InChI is InChI=1S/C42H38N2O8S/c1-42(28-43-40(46)33-22-23-34(50-26-29-14-6-2-7-15-29)35(24-33)51-27-30-16-8-3-9-17-30)39(44-36(45)25-37(44)53(42,48)49)41(47)52-38(31-18-10-4-11-19-31)32-20-12-5-13-21-32/h2-24,37-39H,25-28H2,1H3,(H,43,46). The minimum Gasteiger partial charge on any atom is -0.485 e. The Kier molecular flexibility index (Phi) is 10.0. The molecule has 3 unspecified atom stereocenters. The number of carbonyl (C=O) groups excluding carboxylic acids is 3. The summed E-state index contributed by atoms with van der Waals surface area (Å²) in [6.45, 7) is 1.41. The SMILES string of the molecule is CC1(CNC(=O)c2ccc(OCc3ccccc3)c(OCc3ccccc3)c2)C(C(=O)OC(c2ccccc2)c2ccccc2)N2C(=O)CC2S1(=O)=O. The molecule has 2 amide bonds. The Morgan fingerprint density at radius 2 is 1.26 bits per heavy atom. The Hall–Kier alpha value is -5.94. The van der Waals surface area contributed by atoms with E-state index in [-0.39, 0.29) is 25.2 Å². The van der Waals surface area contributed by atoms with E-state index in [1.54, 1.807) is 12.1 Å². The summed E-state index contributed by atoms with van der Waals surface area (Å²) in [7, 11) is -4.14. The first-order valence-electron chi connectivity index (χ1n) is 17.3. The van der Waals surface area contributed by atoms with Gasteiger partial charge in [0, 0.05) is 12.1 Å². The molecule has 5 aromatic rings. The van der Waals surface area contributed by atoms with Crippen LogP contribution >= 0.6 is 0 Å². The zero-order chi connectivity index (χ0) is 37.0. The van der Waals surface area contributed by atoms with Gasteiger partial charge in [-0.25, -0.2) is 13.2 Å². The molecule has 0 bridgehead atoms. The van der Waals surface area contributed by atoms with Gasteiger partial charge in [-0.2, -0.15) is 0 Å². The lowest BCUT2D eigenvalue weighted by Gasteiger charge is -2.37. The first-order valence-corrected chi connectivity index (χ1v) is 18.8. The topological polar surface area (TPSA) is 128 Å². The molecule has 2 heterocycles. The van der Waals surface area contributed by atoms with Crippen LogP contribution in [-0.2, 0) is 37.4 Å². The van der Waals surface area contributed by atoms with E-state index < -0.39 is 56.4 Å². The Balaban J connectivity index is 1.13. The van der Waals surface area contributed by atoms with E-state index in [2.05, 4.69) is 5.32 Å². The number of benzene rings is 5. The molecule has 10 nitrogen and oxygen atoms in total. The highest BCUT2D eigenvalue weighted by Gasteiger charge is 2.70. The number of hydrogen-bond donors (Lipinski definition) is 1. The fourth-order valence-corrected chi connectivity index (χ4v) is 9.08. The van der Waals surface area contributed by atoms with Crippen molar-refractivity contribution in [2.24, 2.45) is 0 Å². The number of β-lactam (4-membered cyclic amide) rings is 1. The number of hydrogen-bond acceptors (Lipinski definition) is 8. The Morgan fingerprint density at radius 3 is 1.79 bits per heavy atom. The Bertz CT molecular complexity index is 2160. The molecule has 270 valence electrons. The summed E-state index contributed by atoms with van der Waals surface area (Å²) in [5, 5.41) is 1.55. The Morgan fingerprint density at radius 1 is 0.755 bits per heavy atom. The molecular weight excluding hydrogens is 693 g/mol. The lowest BCUT2D eigenvalue weighted by molar-refractivity contribution is -0.164. The van der Waals surface area contributed by atoms with Gasteiger partial charge < -0.3 is 24.4 Å². The predicted molar refractivity (Wildman–Crippen MR) is 198 cm³/mol. The predicted octanol–water partition coefficient (Wildman–Crippen LogP) is 6.02. The number of carbonyl (C=O) groups is 3. The van der Waals surface area contributed by atoms with Crippen molar-refractivity contribution in [3.63, 3.8) is 0 Å². The van der Waals surface area contributed by atoms with Gasteiger partial charge in [0.1, 0.15) is 23.3 Å². The number of fused-ring (bicyclic) bond motifs is 1. The minimum absolute atomic E-state index is 0.186. The molecule has 2 saturated heterocycles. The number of nitrogens with zero attached hydrogens (tertiary/aromatic N) is 1. The summed E-state index contributed by atoms with van der Waals surface area (Å²) in [5.41, 5.74) is 3.40. The quantitative estimate of drug-likeness (QED) is 0.115. The van der Waals surface area contributed by atoms with Crippen LogP contribution in [0.2, 0.25) is 0 Å². The van der Waals surface area contributed by atoms with Crippen LogP contribution in [0.25, 0.3) is 0 Å². The highest BCUT2D eigenvalue weighted by Crippen LogP contribution is 2.47. The van der Waals surface area contributed by atoms with Gasteiger partial charge in [-0.1, -0.05) is 121 Å². The van der Waals surface area contributed by atoms with Crippen LogP contribution < -0.4 is 14.8 Å². The number of sulfone groups is 1. The van der Waals surface area contributed by atoms with Gasteiger partial charge >= 0.3 is 5.97 Å². The van der Waals surface area contributed by atoms with Crippen molar-refractivity contribution in [1.29, 1.82) is 0 Å². The molecule has 2 aliphatic heterocycles. The monoisotopic (exact) mass is 730 g/mol. The molecule has 5 aromatic carbocycles. The van der Waals surface area contributed by atoms with Crippen LogP contribution in [-0.4, -0.2) is 53.8 Å². The van der Waals surface area contributed by atoms with E-state index in [0.29, 0.717) is 22.6 Å². The van der Waals surface area contributed by atoms with Crippen LogP contribution in [0.1, 0.15) is 52.1 Å². The first kappa shape index (κ1) is 35.5. The molecule has 53 heavy (non-hydrogen) atoms. The molecule has 0 saturated carbocycles. The van der Waals surface area contributed by atoms with E-state index in [1.165, 1.54) is 13.0 Å². The Labute approximate surface area is 308 Å². The highest BCUT2D eigenvalue weighted by molar-refractivity contribution is 7.94. The molecule has 0 radical (unpaired) electrons. The number of nitrogens with one attached hydrogen (secondary N) is 1. The molecular formula is C42H38N2O8S. The molecule has 0 aromatic heterocycles. The molecule has 11 heteroatoms. The fourth-order valence-electron chi connectivity index (χ4n) is 6.77. The van der Waals surface area contributed by atoms with Crippen molar-refractivity contribution in [2.45, 2.75) is 48.8 Å². The summed E-state index contributed by atoms with van der Waals surface area (Å²) in [5.74, 6) is -1.21. The van der Waals surface area contributed by atoms with Gasteiger partial charge in [0.15, 0.2) is 33.5 Å². The van der Waals surface area contributed by atoms with E-state index in [0.717, 1.165) is 16.0 Å². The van der Waals surface area contributed by atoms with Crippen LogP contribution in [0.5, 0.6) is 11.5 Å². The number of rotatable bonds is 13. The summed E-state index contributed by atoms with van der Waals surface area (Å²) in [4.78, 5) is 41.9. The van der Waals surface area contributed by atoms with Crippen LogP contribution in [0.15, 0.2) is 140 Å². The normalized spacial score (nSPS) is 19.9. The third-order valence-corrected chi connectivity index (χ3v) is 12.5. The van der Waals surface area contributed by atoms with E-state index in [4.69, 9.17) is 14.2 Å². The number of ether oxygens (including phenoxy) is 3. The second kappa shape index (κ2) is 15.0. The summed E-state index contributed by atoms with van der Waals surface area (Å²) in [6.07, 6.45) is -1.11. The lowest BCUT2D eigenvalue weighted by Crippen LogP contribution is -2.59. The maximum Gasteiger partial charge on any atom is 0.331 e. The van der Waals surface area contributed by atoms with Crippen molar-refractivity contribution >= 4 is 27.6 Å². The van der Waals surface area contributed by atoms with Crippen LogP contribution in [0, 0.1) is 0 Å². The van der Waals surface area contributed by atoms with E-state index >= 15 is 0 Å². The molecule has 2 aliphatic rings. The molecule has 3 atom stereocenters. The summed E-state index contributed by atoms with van der Waals surface area (Å²) in [6, 6.07) is 40.6. The second-order valence-corrected chi connectivity index (χ2v) is 15.8. The van der Waals surface area contributed by atoms with Gasteiger partial charge in [-0.3, -0.25) is 9.59 Å². The average molecular weight is 731 g/mol. The lowest BCUT2D eigenvalue weighted by atomic mass is 9.95. The zero-order valence-electron chi connectivity index (χ0n) is 29.0. The van der Waals surface area contributed by atoms with Gasteiger partial charge in [-0.15, -0.1) is 0 Å². The maximum atomic E-state index is 14.2. The molecule has 0 spiro atoms. The van der Waals surface area contributed by atoms with E-state index in [1.807, 2.05) is 121 Å². The average Bonchev–Trinajstić information content (AvgIpc) is 3.33. The highest BCUT2D eigenvalue weighted by atomic mass is 32.2. The van der Waals surface area contributed by atoms with E-state index in [9.17, 15) is 22.8 Å². The van der Waals surface area contributed by atoms with Crippen molar-refractivity contribution in [2.75, 3.05) is 6.54 Å². The van der Waals surface area contributed by atoms with Gasteiger partial charge in [0.25, 0.3) is 5.91 Å². The third-order valence-electron chi connectivity index (χ3n) is 9.75. The summed E-state index contributed by atoms with van der Waals surface area (Å²) >= 11 is 0. The summed E-state index contributed by atoms with van der Waals surface area (Å²) < 4.78 is 44.5. The number of amides is 2. The molecule has 1 N–H and O–H groups in total. The zero-order valence-corrected chi connectivity index (χ0v) is 29.8. The van der Waals surface area contributed by atoms with Gasteiger partial charge in [0.2, 0.25) is 5.91 Å². The first-order chi connectivity index (χ1) is 25.7. The third kappa shape index (κ3) is 7.12. The molecule has 0 aliphatic carbocycles. The van der Waals surface area contributed by atoms with Crippen LogP contribution in [0.3, 0.4) is 0 Å². The van der Waals surface area contributed by atoms with Crippen molar-refractivity contribution in [1.82, 2.24) is 10.2 Å². The second-order valence-electron chi connectivity index (χ2n) is 13.3. The van der Waals surface area contributed by atoms with Crippen molar-refractivity contribution in [3.8, 4) is 11.5 Å². The minimum atomic E-state index is -4.14. The largest absolute Gasteiger partial charge is 0.485 e. The molecule has 2 fully saturated rings. The van der Waals surface area contributed by atoms with Crippen molar-refractivity contribution < 1.29 is 37.0 Å². The van der Waals surface area contributed by atoms with Crippen LogP contribution in [0.4, 0.5) is 0 Å². The molecule has 7 rings (SSSR count).